The van der Waals surface area contributed by atoms with Crippen LogP contribution in [0.2, 0.25) is 5.02 Å². The molecule has 4 N–H and O–H groups in total. The second-order valence-corrected chi connectivity index (χ2v) is 4.97. The molecule has 2 rings (SSSR count). The lowest BCUT2D eigenvalue weighted by atomic mass is 10.1. The summed E-state index contributed by atoms with van der Waals surface area (Å²) in [4.78, 5) is 0. The molecule has 6 nitrogen and oxygen atoms in total. The van der Waals surface area contributed by atoms with Crippen molar-refractivity contribution < 1.29 is 9.47 Å². The number of hydrogen-bond donors (Lipinski definition) is 2. The smallest absolute Gasteiger partial charge is 0.211 e. The number of nitrogens with two attached hydrogens (primary N) is 2. The highest BCUT2D eigenvalue weighted by molar-refractivity contribution is 6.32. The standard InChI is InChI=1S/C16H17ClN4O2/c1-22-14-7-6-11(9-20-21-16(18)19)8-12(14)10-23-15-5-3-2-4-13(15)17/h2-9H,10H2,1H3,(H4,18,19,21). The number of ether oxygens (including phenoxy) is 2. The number of para-hydroxylation sites is 1. The van der Waals surface area contributed by atoms with Crippen LogP contribution in [0.5, 0.6) is 11.5 Å². The molecule has 2 aromatic carbocycles. The van der Waals surface area contributed by atoms with Gasteiger partial charge in [0.05, 0.1) is 18.3 Å². The van der Waals surface area contributed by atoms with Crippen LogP contribution in [0.1, 0.15) is 11.1 Å². The molecular formula is C16H17ClN4O2. The van der Waals surface area contributed by atoms with Crippen LogP contribution in [0.25, 0.3) is 0 Å². The highest BCUT2D eigenvalue weighted by Crippen LogP contribution is 2.26. The van der Waals surface area contributed by atoms with E-state index >= 15 is 0 Å². The van der Waals surface area contributed by atoms with E-state index in [1.165, 1.54) is 6.21 Å². The summed E-state index contributed by atoms with van der Waals surface area (Å²) in [5.74, 6) is 1.21. The Morgan fingerprint density at radius 1 is 1.17 bits per heavy atom. The molecule has 0 spiro atoms. The summed E-state index contributed by atoms with van der Waals surface area (Å²) in [5, 5.41) is 7.89. The van der Waals surface area contributed by atoms with Gasteiger partial charge in [0.15, 0.2) is 0 Å². The monoisotopic (exact) mass is 332 g/mol. The van der Waals surface area contributed by atoms with Crippen molar-refractivity contribution in [2.45, 2.75) is 6.61 Å². The van der Waals surface area contributed by atoms with E-state index in [0.717, 1.165) is 11.1 Å². The van der Waals surface area contributed by atoms with Crippen molar-refractivity contribution in [3.8, 4) is 11.5 Å². The van der Waals surface area contributed by atoms with E-state index in [0.29, 0.717) is 23.1 Å². The molecule has 0 aliphatic carbocycles. The van der Waals surface area contributed by atoms with Gasteiger partial charge in [0.2, 0.25) is 5.96 Å². The quantitative estimate of drug-likeness (QED) is 0.482. The lowest BCUT2D eigenvalue weighted by molar-refractivity contribution is 0.297. The molecule has 0 aliphatic heterocycles. The summed E-state index contributed by atoms with van der Waals surface area (Å²) in [6.45, 7) is 0.302. The van der Waals surface area contributed by atoms with Crippen molar-refractivity contribution in [3.05, 3.63) is 58.6 Å². The van der Waals surface area contributed by atoms with E-state index in [4.69, 9.17) is 32.5 Å². The number of benzene rings is 2. The van der Waals surface area contributed by atoms with Gasteiger partial charge in [-0.1, -0.05) is 23.7 Å². The molecule has 2 aromatic rings. The van der Waals surface area contributed by atoms with Gasteiger partial charge in [-0.15, -0.1) is 5.10 Å². The zero-order chi connectivity index (χ0) is 16.7. The summed E-state index contributed by atoms with van der Waals surface area (Å²) >= 11 is 6.08. The van der Waals surface area contributed by atoms with Gasteiger partial charge in [0.25, 0.3) is 0 Å². The van der Waals surface area contributed by atoms with Crippen LogP contribution < -0.4 is 20.9 Å². The number of methoxy groups -OCH3 is 1. The second kappa shape index (κ2) is 8.05. The van der Waals surface area contributed by atoms with Crippen LogP contribution in [0, 0.1) is 0 Å². The van der Waals surface area contributed by atoms with Crippen LogP contribution >= 0.6 is 11.6 Å². The number of nitrogens with zero attached hydrogens (tertiary/aromatic N) is 2. The Kier molecular flexibility index (Phi) is 5.82. The van der Waals surface area contributed by atoms with Crippen LogP contribution in [0.15, 0.2) is 52.7 Å². The maximum Gasteiger partial charge on any atom is 0.211 e. The van der Waals surface area contributed by atoms with E-state index in [2.05, 4.69) is 10.2 Å². The molecule has 0 radical (unpaired) electrons. The van der Waals surface area contributed by atoms with Crippen molar-refractivity contribution in [1.82, 2.24) is 0 Å². The summed E-state index contributed by atoms with van der Waals surface area (Å²) < 4.78 is 11.1. The Morgan fingerprint density at radius 3 is 2.65 bits per heavy atom. The van der Waals surface area contributed by atoms with Crippen LogP contribution in [-0.2, 0) is 6.61 Å². The van der Waals surface area contributed by atoms with Gasteiger partial charge in [-0.3, -0.25) is 0 Å². The molecule has 0 saturated heterocycles. The summed E-state index contributed by atoms with van der Waals surface area (Å²) in [6, 6.07) is 12.8. The molecule has 0 aromatic heterocycles. The largest absolute Gasteiger partial charge is 0.496 e. The zero-order valence-electron chi connectivity index (χ0n) is 12.6. The van der Waals surface area contributed by atoms with E-state index in [-0.39, 0.29) is 5.96 Å². The van der Waals surface area contributed by atoms with E-state index in [1.54, 1.807) is 19.2 Å². The molecule has 0 fully saturated rings. The van der Waals surface area contributed by atoms with E-state index in [1.807, 2.05) is 30.3 Å². The van der Waals surface area contributed by atoms with Crippen molar-refractivity contribution in [2.75, 3.05) is 7.11 Å². The Morgan fingerprint density at radius 2 is 1.96 bits per heavy atom. The third-order valence-electron chi connectivity index (χ3n) is 2.90. The molecule has 0 bridgehead atoms. The van der Waals surface area contributed by atoms with E-state index < -0.39 is 0 Å². The third-order valence-corrected chi connectivity index (χ3v) is 3.22. The average molecular weight is 333 g/mol. The topological polar surface area (TPSA) is 95.2 Å². The molecule has 120 valence electrons. The third kappa shape index (κ3) is 4.89. The maximum atomic E-state index is 6.08. The molecule has 0 amide bonds. The highest BCUT2D eigenvalue weighted by atomic mass is 35.5. The number of rotatable bonds is 6. The first-order valence-corrected chi connectivity index (χ1v) is 7.14. The SMILES string of the molecule is COc1ccc(C=NN=C(N)N)cc1COc1ccccc1Cl. The van der Waals surface area contributed by atoms with E-state index in [9.17, 15) is 0 Å². The van der Waals surface area contributed by atoms with Gasteiger partial charge in [0, 0.05) is 5.56 Å². The first-order valence-electron chi connectivity index (χ1n) is 6.76. The summed E-state index contributed by atoms with van der Waals surface area (Å²) in [5.41, 5.74) is 12.1. The minimum Gasteiger partial charge on any atom is -0.496 e. The fourth-order valence-corrected chi connectivity index (χ4v) is 2.06. The van der Waals surface area contributed by atoms with Crippen molar-refractivity contribution in [1.29, 1.82) is 0 Å². The molecule has 0 saturated carbocycles. The fraction of sp³-hybridized carbons (Fsp3) is 0.125. The van der Waals surface area contributed by atoms with Gasteiger partial charge in [-0.2, -0.15) is 5.10 Å². The van der Waals surface area contributed by atoms with Gasteiger partial charge < -0.3 is 20.9 Å². The maximum absolute atomic E-state index is 6.08. The first-order chi connectivity index (χ1) is 11.1. The second-order valence-electron chi connectivity index (χ2n) is 4.56. The van der Waals surface area contributed by atoms with Gasteiger partial charge in [-0.05, 0) is 35.9 Å². The first kappa shape index (κ1) is 16.6. The Hall–Kier alpha value is -2.73. The molecule has 23 heavy (non-hydrogen) atoms. The van der Waals surface area contributed by atoms with Crippen molar-refractivity contribution in [3.63, 3.8) is 0 Å². The lowest BCUT2D eigenvalue weighted by Gasteiger charge is -2.11. The average Bonchev–Trinajstić information content (AvgIpc) is 2.54. The molecule has 0 heterocycles. The Labute approximate surface area is 139 Å². The number of halogens is 1. The van der Waals surface area contributed by atoms with Gasteiger partial charge in [0.1, 0.15) is 18.1 Å². The number of hydrogen-bond acceptors (Lipinski definition) is 4. The van der Waals surface area contributed by atoms with Crippen molar-refractivity contribution in [2.24, 2.45) is 21.7 Å². The van der Waals surface area contributed by atoms with Crippen LogP contribution in [0.4, 0.5) is 0 Å². The number of guanidine groups is 1. The van der Waals surface area contributed by atoms with Gasteiger partial charge in [-0.25, -0.2) is 0 Å². The predicted octanol–water partition coefficient (Wildman–Crippen LogP) is 2.53. The molecule has 0 atom stereocenters. The normalized spacial score (nSPS) is 10.5. The molecule has 0 unspecified atom stereocenters. The highest BCUT2D eigenvalue weighted by Gasteiger charge is 2.06. The molecule has 0 aliphatic rings. The lowest BCUT2D eigenvalue weighted by Crippen LogP contribution is -2.21. The van der Waals surface area contributed by atoms with Gasteiger partial charge >= 0.3 is 0 Å². The minimum absolute atomic E-state index is 0.1000. The Bertz CT molecular complexity index is 728. The Balaban J connectivity index is 2.17. The fourth-order valence-electron chi connectivity index (χ4n) is 1.87. The van der Waals surface area contributed by atoms with Crippen LogP contribution in [-0.4, -0.2) is 19.3 Å². The predicted molar refractivity (Wildman–Crippen MR) is 92.2 cm³/mol. The van der Waals surface area contributed by atoms with Crippen molar-refractivity contribution >= 4 is 23.8 Å². The molecule has 7 heteroatoms. The molecular weight excluding hydrogens is 316 g/mol. The minimum atomic E-state index is -0.1000. The van der Waals surface area contributed by atoms with Crippen LogP contribution in [0.3, 0.4) is 0 Å². The summed E-state index contributed by atoms with van der Waals surface area (Å²) in [6.07, 6.45) is 1.54. The zero-order valence-corrected chi connectivity index (χ0v) is 13.3. The summed E-state index contributed by atoms with van der Waals surface area (Å²) in [7, 11) is 1.60.